The summed E-state index contributed by atoms with van der Waals surface area (Å²) in [6.07, 6.45) is 2.52. The Bertz CT molecular complexity index is 740. The van der Waals surface area contributed by atoms with Crippen molar-refractivity contribution in [1.82, 2.24) is 20.8 Å². The maximum absolute atomic E-state index is 5.91. The highest BCUT2D eigenvalue weighted by Crippen LogP contribution is 2.36. The summed E-state index contributed by atoms with van der Waals surface area (Å²) in [5, 5.41) is 11.4. The molecule has 1 aliphatic rings. The van der Waals surface area contributed by atoms with Gasteiger partial charge in [0.2, 0.25) is 11.7 Å². The van der Waals surface area contributed by atoms with Gasteiger partial charge in [-0.25, -0.2) is 4.99 Å². The van der Waals surface area contributed by atoms with E-state index in [1.807, 2.05) is 23.9 Å². The second-order valence-electron chi connectivity index (χ2n) is 6.47. The van der Waals surface area contributed by atoms with Crippen LogP contribution in [-0.4, -0.2) is 39.7 Å². The number of guanidine groups is 1. The number of aromatic nitrogens is 2. The average Bonchev–Trinajstić information content (AvgIpc) is 3.28. The number of rotatable bonds is 6. The number of hydrogen-bond acceptors (Lipinski definition) is 5. The molecule has 1 aliphatic heterocycles. The zero-order valence-electron chi connectivity index (χ0n) is 15.1. The highest BCUT2D eigenvalue weighted by atomic mass is 35.5. The van der Waals surface area contributed by atoms with E-state index in [2.05, 4.69) is 39.6 Å². The van der Waals surface area contributed by atoms with Crippen LogP contribution in [0.15, 0.2) is 33.8 Å². The van der Waals surface area contributed by atoms with Crippen LogP contribution in [-0.2, 0) is 6.54 Å². The Morgan fingerprint density at radius 1 is 1.35 bits per heavy atom. The standard InChI is InChI=1S/C18H24ClN5OS/c1-3-20-17(22-12-18(2)9-4-10-26-18)21-11-15-23-16(24-25-15)13-5-7-14(19)8-6-13/h5-8H,3-4,9-12H2,1-2H3,(H2,20,21,22). The van der Waals surface area contributed by atoms with Gasteiger partial charge in [-0.1, -0.05) is 16.8 Å². The van der Waals surface area contributed by atoms with E-state index in [0.717, 1.165) is 24.6 Å². The van der Waals surface area contributed by atoms with Gasteiger partial charge in [-0.15, -0.1) is 0 Å². The van der Waals surface area contributed by atoms with Crippen molar-refractivity contribution in [2.45, 2.75) is 38.0 Å². The van der Waals surface area contributed by atoms with Crippen LogP contribution in [0.5, 0.6) is 0 Å². The Balaban J connectivity index is 1.61. The molecular formula is C18H24ClN5OS. The lowest BCUT2D eigenvalue weighted by atomic mass is 10.1. The number of nitrogens with zero attached hydrogens (tertiary/aromatic N) is 3. The van der Waals surface area contributed by atoms with Gasteiger partial charge in [0.05, 0.1) is 0 Å². The molecule has 2 heterocycles. The van der Waals surface area contributed by atoms with Gasteiger partial charge in [-0.2, -0.15) is 16.7 Å². The molecule has 26 heavy (non-hydrogen) atoms. The zero-order valence-corrected chi connectivity index (χ0v) is 16.7. The van der Waals surface area contributed by atoms with Crippen molar-refractivity contribution in [2.24, 2.45) is 4.99 Å². The third kappa shape index (κ3) is 5.14. The van der Waals surface area contributed by atoms with E-state index in [4.69, 9.17) is 16.1 Å². The lowest BCUT2D eigenvalue weighted by Crippen LogP contribution is -2.43. The summed E-state index contributed by atoms with van der Waals surface area (Å²) in [6.45, 7) is 6.38. The number of nitrogens with one attached hydrogen (secondary N) is 2. The van der Waals surface area contributed by atoms with E-state index in [0.29, 0.717) is 23.3 Å². The Hall–Kier alpha value is -1.73. The Labute approximate surface area is 163 Å². The smallest absolute Gasteiger partial charge is 0.248 e. The van der Waals surface area contributed by atoms with Crippen molar-refractivity contribution in [1.29, 1.82) is 0 Å². The van der Waals surface area contributed by atoms with E-state index in [9.17, 15) is 0 Å². The molecule has 3 rings (SSSR count). The van der Waals surface area contributed by atoms with Crippen LogP contribution in [0.1, 0.15) is 32.6 Å². The van der Waals surface area contributed by atoms with Gasteiger partial charge in [0.25, 0.3) is 0 Å². The Kier molecular flexibility index (Phi) is 6.43. The first kappa shape index (κ1) is 19.0. The lowest BCUT2D eigenvalue weighted by Gasteiger charge is -2.24. The van der Waals surface area contributed by atoms with Gasteiger partial charge in [-0.3, -0.25) is 0 Å². The Morgan fingerprint density at radius 3 is 2.85 bits per heavy atom. The number of thioether (sulfide) groups is 1. The molecule has 0 radical (unpaired) electrons. The first-order chi connectivity index (χ1) is 12.6. The quantitative estimate of drug-likeness (QED) is 0.575. The average molecular weight is 394 g/mol. The van der Waals surface area contributed by atoms with Crippen LogP contribution < -0.4 is 10.6 Å². The third-order valence-electron chi connectivity index (χ3n) is 4.22. The second-order valence-corrected chi connectivity index (χ2v) is 8.59. The van der Waals surface area contributed by atoms with Gasteiger partial charge >= 0.3 is 0 Å². The first-order valence-corrected chi connectivity index (χ1v) is 10.2. The number of halogens is 1. The molecule has 1 fully saturated rings. The number of benzene rings is 1. The third-order valence-corrected chi connectivity index (χ3v) is 6.01. The van der Waals surface area contributed by atoms with Crippen molar-refractivity contribution in [3.8, 4) is 11.4 Å². The van der Waals surface area contributed by atoms with E-state index < -0.39 is 0 Å². The van der Waals surface area contributed by atoms with E-state index in [1.54, 1.807) is 12.1 Å². The Morgan fingerprint density at radius 2 is 2.15 bits per heavy atom. The van der Waals surface area contributed by atoms with Gasteiger partial charge in [0.1, 0.15) is 6.54 Å². The number of hydrogen-bond donors (Lipinski definition) is 2. The van der Waals surface area contributed by atoms with E-state index in [-0.39, 0.29) is 4.75 Å². The molecule has 0 spiro atoms. The molecule has 2 aromatic rings. The first-order valence-electron chi connectivity index (χ1n) is 8.83. The molecule has 8 heteroatoms. The largest absolute Gasteiger partial charge is 0.357 e. The van der Waals surface area contributed by atoms with Gasteiger partial charge < -0.3 is 15.2 Å². The molecular weight excluding hydrogens is 370 g/mol. The second kappa shape index (κ2) is 8.77. The fourth-order valence-electron chi connectivity index (χ4n) is 2.77. The van der Waals surface area contributed by atoms with Crippen LogP contribution in [0.4, 0.5) is 0 Å². The van der Waals surface area contributed by atoms with Crippen molar-refractivity contribution in [2.75, 3.05) is 18.8 Å². The van der Waals surface area contributed by atoms with Crippen molar-refractivity contribution in [3.05, 3.63) is 35.2 Å². The minimum Gasteiger partial charge on any atom is -0.357 e. The van der Waals surface area contributed by atoms with Crippen molar-refractivity contribution >= 4 is 29.3 Å². The predicted molar refractivity (Wildman–Crippen MR) is 108 cm³/mol. The molecule has 140 valence electrons. The maximum Gasteiger partial charge on any atom is 0.248 e. The summed E-state index contributed by atoms with van der Waals surface area (Å²) < 4.78 is 5.59. The highest BCUT2D eigenvalue weighted by Gasteiger charge is 2.29. The summed E-state index contributed by atoms with van der Waals surface area (Å²) in [5.41, 5.74) is 0.865. The van der Waals surface area contributed by atoms with Crippen LogP contribution >= 0.6 is 23.4 Å². The van der Waals surface area contributed by atoms with Gasteiger partial charge in [0, 0.05) is 28.4 Å². The van der Waals surface area contributed by atoms with Crippen LogP contribution in [0.2, 0.25) is 5.02 Å². The fourth-order valence-corrected chi connectivity index (χ4v) is 4.14. The minimum absolute atomic E-state index is 0.280. The topological polar surface area (TPSA) is 75.3 Å². The summed E-state index contributed by atoms with van der Waals surface area (Å²) in [4.78, 5) is 8.97. The molecule has 1 atom stereocenters. The molecule has 1 aromatic carbocycles. The lowest BCUT2D eigenvalue weighted by molar-refractivity contribution is 0.380. The van der Waals surface area contributed by atoms with E-state index >= 15 is 0 Å². The fraction of sp³-hybridized carbons (Fsp3) is 0.500. The molecule has 6 nitrogen and oxygen atoms in total. The molecule has 1 aromatic heterocycles. The summed E-state index contributed by atoms with van der Waals surface area (Å²) in [7, 11) is 0. The molecule has 0 bridgehead atoms. The molecule has 0 aliphatic carbocycles. The predicted octanol–water partition coefficient (Wildman–Crippen LogP) is 3.73. The van der Waals surface area contributed by atoms with Gasteiger partial charge in [0.15, 0.2) is 5.96 Å². The minimum atomic E-state index is 0.280. The maximum atomic E-state index is 5.91. The zero-order chi connectivity index (χ0) is 18.4. The van der Waals surface area contributed by atoms with Gasteiger partial charge in [-0.05, 0) is 56.7 Å². The van der Waals surface area contributed by atoms with Crippen molar-refractivity contribution in [3.63, 3.8) is 0 Å². The molecule has 2 N–H and O–H groups in total. The molecule has 1 saturated heterocycles. The highest BCUT2D eigenvalue weighted by molar-refractivity contribution is 8.00. The number of aliphatic imine (C=N–C) groups is 1. The van der Waals surface area contributed by atoms with Crippen LogP contribution in [0.25, 0.3) is 11.4 Å². The molecule has 0 saturated carbocycles. The molecule has 0 amide bonds. The van der Waals surface area contributed by atoms with Crippen molar-refractivity contribution < 1.29 is 4.52 Å². The van der Waals surface area contributed by atoms with E-state index in [1.165, 1.54) is 18.6 Å². The van der Waals surface area contributed by atoms with Crippen LogP contribution in [0.3, 0.4) is 0 Å². The summed E-state index contributed by atoms with van der Waals surface area (Å²) in [5.74, 6) is 3.03. The molecule has 1 unspecified atom stereocenters. The van der Waals surface area contributed by atoms with Crippen LogP contribution in [0, 0.1) is 0 Å². The monoisotopic (exact) mass is 393 g/mol. The normalized spacial score (nSPS) is 20.3. The SMILES string of the molecule is CCNC(=NCc1nc(-c2ccc(Cl)cc2)no1)NCC1(C)CCCS1. The summed E-state index contributed by atoms with van der Waals surface area (Å²) >= 11 is 7.93. The summed E-state index contributed by atoms with van der Waals surface area (Å²) in [6, 6.07) is 7.34.